The summed E-state index contributed by atoms with van der Waals surface area (Å²) in [5.74, 6) is 0.873. The highest BCUT2D eigenvalue weighted by Crippen LogP contribution is 2.23. The van der Waals surface area contributed by atoms with Gasteiger partial charge in [0.25, 0.3) is 0 Å². The van der Waals surface area contributed by atoms with Crippen molar-refractivity contribution in [1.82, 2.24) is 0 Å². The van der Waals surface area contributed by atoms with Crippen LogP contribution in [0.4, 0.5) is 0 Å². The van der Waals surface area contributed by atoms with E-state index in [-0.39, 0.29) is 5.75 Å². The molecule has 15 heavy (non-hydrogen) atoms. The Morgan fingerprint density at radius 1 is 1.40 bits per heavy atom. The smallest absolute Gasteiger partial charge is 0.380 e. The lowest BCUT2D eigenvalue weighted by Gasteiger charge is -2.08. The molecule has 0 radical (unpaired) electrons. The molecule has 6 heteroatoms. The molecule has 0 atom stereocenters. The monoisotopic (exact) mass is 231 g/mol. The Morgan fingerprint density at radius 3 is 2.53 bits per heavy atom. The van der Waals surface area contributed by atoms with Crippen LogP contribution in [0, 0.1) is 6.92 Å². The number of rotatable bonds is 4. The topological polar surface area (TPSA) is 78.6 Å². The third-order valence-electron chi connectivity index (χ3n) is 1.66. The lowest BCUT2D eigenvalue weighted by Crippen LogP contribution is -2.19. The fourth-order valence-electron chi connectivity index (χ4n) is 1.10. The average molecular weight is 231 g/mol. The molecule has 0 unspecified atom stereocenters. The van der Waals surface area contributed by atoms with Gasteiger partial charge in [-0.1, -0.05) is 0 Å². The molecule has 84 valence electrons. The number of aryl methyl sites for hydroxylation is 1. The van der Waals surface area contributed by atoms with Crippen molar-refractivity contribution < 1.29 is 17.3 Å². The first-order valence-corrected chi connectivity index (χ1v) is 5.85. The van der Waals surface area contributed by atoms with Crippen molar-refractivity contribution in [1.29, 1.82) is 0 Å². The second-order valence-electron chi connectivity index (χ2n) is 2.94. The normalized spacial score (nSPS) is 11.1. The van der Waals surface area contributed by atoms with E-state index in [1.807, 2.05) is 6.92 Å². The van der Waals surface area contributed by atoms with Gasteiger partial charge in [-0.15, -0.1) is 0 Å². The average Bonchev–Trinajstić information content (AvgIpc) is 2.08. The van der Waals surface area contributed by atoms with E-state index in [4.69, 9.17) is 9.88 Å². The number of ether oxygens (including phenoxy) is 1. The molecule has 0 fully saturated rings. The van der Waals surface area contributed by atoms with Crippen molar-refractivity contribution >= 4 is 10.3 Å². The summed E-state index contributed by atoms with van der Waals surface area (Å²) in [5, 5.41) is 4.75. The van der Waals surface area contributed by atoms with Crippen molar-refractivity contribution in [2.45, 2.75) is 13.8 Å². The molecule has 0 amide bonds. The number of benzene rings is 1. The molecule has 0 aliphatic heterocycles. The lowest BCUT2D eigenvalue weighted by atomic mass is 10.2. The van der Waals surface area contributed by atoms with E-state index in [1.54, 1.807) is 19.1 Å². The van der Waals surface area contributed by atoms with Crippen molar-refractivity contribution in [2.24, 2.45) is 5.14 Å². The second-order valence-corrected chi connectivity index (χ2v) is 4.09. The molecule has 0 aromatic heterocycles. The maximum Gasteiger partial charge on any atom is 0.380 e. The molecular weight excluding hydrogens is 218 g/mol. The molecule has 1 rings (SSSR count). The lowest BCUT2D eigenvalue weighted by molar-refractivity contribution is 0.339. The van der Waals surface area contributed by atoms with E-state index in [0.717, 1.165) is 0 Å². The largest absolute Gasteiger partial charge is 0.494 e. The summed E-state index contributed by atoms with van der Waals surface area (Å²) in [6.07, 6.45) is 0. The first kappa shape index (κ1) is 11.8. The van der Waals surface area contributed by atoms with Crippen LogP contribution in [0.2, 0.25) is 0 Å². The zero-order valence-electron chi connectivity index (χ0n) is 8.56. The first-order chi connectivity index (χ1) is 6.92. The van der Waals surface area contributed by atoms with E-state index >= 15 is 0 Å². The van der Waals surface area contributed by atoms with Gasteiger partial charge < -0.3 is 8.92 Å². The minimum atomic E-state index is -3.97. The summed E-state index contributed by atoms with van der Waals surface area (Å²) in [4.78, 5) is 0. The molecule has 0 heterocycles. The van der Waals surface area contributed by atoms with Gasteiger partial charge in [0, 0.05) is 0 Å². The van der Waals surface area contributed by atoms with Crippen LogP contribution >= 0.6 is 0 Å². The van der Waals surface area contributed by atoms with Gasteiger partial charge >= 0.3 is 10.3 Å². The summed E-state index contributed by atoms with van der Waals surface area (Å²) >= 11 is 0. The zero-order valence-corrected chi connectivity index (χ0v) is 9.37. The standard InChI is InChI=1S/C9H13NO4S/c1-3-13-8-4-5-9(7(2)6-8)14-15(10,11)12/h4-6H,3H2,1-2H3,(H2,10,11,12). The molecule has 1 aromatic carbocycles. The second kappa shape index (κ2) is 4.50. The fourth-order valence-corrected chi connectivity index (χ4v) is 1.53. The fraction of sp³-hybridized carbons (Fsp3) is 0.333. The third kappa shape index (κ3) is 3.77. The van der Waals surface area contributed by atoms with Crippen LogP contribution in [0.5, 0.6) is 11.5 Å². The van der Waals surface area contributed by atoms with Crippen molar-refractivity contribution in [3.63, 3.8) is 0 Å². The molecule has 0 spiro atoms. The third-order valence-corrected chi connectivity index (χ3v) is 2.08. The Balaban J connectivity index is 2.93. The van der Waals surface area contributed by atoms with Gasteiger partial charge in [0.1, 0.15) is 11.5 Å². The van der Waals surface area contributed by atoms with Crippen LogP contribution < -0.4 is 14.1 Å². The number of nitrogens with two attached hydrogens (primary N) is 1. The van der Waals surface area contributed by atoms with E-state index in [2.05, 4.69) is 4.18 Å². The van der Waals surface area contributed by atoms with Gasteiger partial charge in [-0.3, -0.25) is 0 Å². The Morgan fingerprint density at radius 2 is 2.07 bits per heavy atom. The van der Waals surface area contributed by atoms with Gasteiger partial charge in [0.2, 0.25) is 0 Å². The van der Waals surface area contributed by atoms with Crippen LogP contribution in [0.3, 0.4) is 0 Å². The Hall–Kier alpha value is -1.27. The van der Waals surface area contributed by atoms with E-state index in [9.17, 15) is 8.42 Å². The summed E-state index contributed by atoms with van der Waals surface area (Å²) in [5.41, 5.74) is 0.648. The van der Waals surface area contributed by atoms with Crippen molar-refractivity contribution in [2.75, 3.05) is 6.61 Å². The molecule has 5 nitrogen and oxygen atoms in total. The molecular formula is C9H13NO4S. The molecule has 0 aliphatic rings. The number of hydrogen-bond acceptors (Lipinski definition) is 4. The molecule has 0 saturated heterocycles. The highest BCUT2D eigenvalue weighted by atomic mass is 32.2. The molecule has 0 aliphatic carbocycles. The van der Waals surface area contributed by atoms with E-state index in [1.165, 1.54) is 6.07 Å². The quantitative estimate of drug-likeness (QED) is 0.837. The maximum atomic E-state index is 10.7. The van der Waals surface area contributed by atoms with Gasteiger partial charge in [-0.05, 0) is 37.6 Å². The Kier molecular flexibility index (Phi) is 3.54. The number of hydrogen-bond donors (Lipinski definition) is 1. The maximum absolute atomic E-state index is 10.7. The minimum Gasteiger partial charge on any atom is -0.494 e. The van der Waals surface area contributed by atoms with Crippen LogP contribution in [-0.2, 0) is 10.3 Å². The van der Waals surface area contributed by atoms with E-state index in [0.29, 0.717) is 17.9 Å². The van der Waals surface area contributed by atoms with Crippen LogP contribution in [-0.4, -0.2) is 15.0 Å². The molecule has 1 aromatic rings. The van der Waals surface area contributed by atoms with Crippen LogP contribution in [0.1, 0.15) is 12.5 Å². The van der Waals surface area contributed by atoms with E-state index < -0.39 is 10.3 Å². The summed E-state index contributed by atoms with van der Waals surface area (Å²) < 4.78 is 31.2. The molecule has 0 bridgehead atoms. The Labute approximate surface area is 89.1 Å². The van der Waals surface area contributed by atoms with Gasteiger partial charge in [-0.25, -0.2) is 0 Å². The Bertz CT molecular complexity index is 441. The molecule has 0 saturated carbocycles. The minimum absolute atomic E-state index is 0.209. The predicted octanol–water partition coefficient (Wildman–Crippen LogP) is 0.976. The SMILES string of the molecule is CCOc1ccc(OS(N)(=O)=O)c(C)c1. The highest BCUT2D eigenvalue weighted by molar-refractivity contribution is 7.84. The molecule has 2 N–H and O–H groups in total. The van der Waals surface area contributed by atoms with Gasteiger partial charge in [0.05, 0.1) is 6.61 Å². The van der Waals surface area contributed by atoms with Crippen LogP contribution in [0.15, 0.2) is 18.2 Å². The zero-order chi connectivity index (χ0) is 11.5. The van der Waals surface area contributed by atoms with Crippen molar-refractivity contribution in [3.05, 3.63) is 23.8 Å². The first-order valence-electron chi connectivity index (χ1n) is 4.38. The van der Waals surface area contributed by atoms with Crippen molar-refractivity contribution in [3.8, 4) is 11.5 Å². The summed E-state index contributed by atoms with van der Waals surface area (Å²) in [7, 11) is -3.97. The summed E-state index contributed by atoms with van der Waals surface area (Å²) in [6, 6.07) is 4.81. The summed E-state index contributed by atoms with van der Waals surface area (Å²) in [6.45, 7) is 4.13. The van der Waals surface area contributed by atoms with Gasteiger partial charge in [-0.2, -0.15) is 13.6 Å². The van der Waals surface area contributed by atoms with Crippen LogP contribution in [0.25, 0.3) is 0 Å². The predicted molar refractivity (Wildman–Crippen MR) is 56.1 cm³/mol. The van der Waals surface area contributed by atoms with Gasteiger partial charge in [0.15, 0.2) is 0 Å². The highest BCUT2D eigenvalue weighted by Gasteiger charge is 2.08.